The van der Waals surface area contributed by atoms with E-state index in [1.165, 1.54) is 6.07 Å². The number of fused-ring (bicyclic) bond motifs is 1. The van der Waals surface area contributed by atoms with Crippen LogP contribution in [-0.4, -0.2) is 13.0 Å². The molecule has 0 aliphatic heterocycles. The average Bonchev–Trinajstić information content (AvgIpc) is 2.22. The van der Waals surface area contributed by atoms with Crippen molar-refractivity contribution in [2.45, 2.75) is 4.90 Å². The van der Waals surface area contributed by atoms with Crippen LogP contribution in [0.4, 0.5) is 0 Å². The highest BCUT2D eigenvalue weighted by molar-refractivity contribution is 14.1. The van der Waals surface area contributed by atoms with Crippen LogP contribution >= 0.6 is 67.8 Å². The molecule has 0 amide bonds. The van der Waals surface area contributed by atoms with Gasteiger partial charge >= 0.3 is 0 Å². The van der Waals surface area contributed by atoms with E-state index < -0.39 is 10.1 Å². The highest BCUT2D eigenvalue weighted by Crippen LogP contribution is 2.33. The zero-order valence-corrected chi connectivity index (χ0v) is 15.4. The van der Waals surface area contributed by atoms with E-state index in [0.29, 0.717) is 5.39 Å². The lowest BCUT2D eigenvalue weighted by atomic mass is 10.1. The Bertz CT molecular complexity index is 710. The second-order valence-electron chi connectivity index (χ2n) is 3.31. The van der Waals surface area contributed by atoms with E-state index in [2.05, 4.69) is 67.8 Å². The van der Waals surface area contributed by atoms with Gasteiger partial charge in [0.05, 0.1) is 0 Å². The maximum Gasteiger partial charge on any atom is 0.295 e. The Kier molecular flexibility index (Phi) is 4.23. The standard InChI is InChI=1S/C10H5I3O3S/c11-6-3-1-2-5-9(6)8(17(14,15)16)4-7(12)10(5)13/h1-4H,(H,14,15,16). The normalized spacial score (nSPS) is 12.0. The fourth-order valence-electron chi connectivity index (χ4n) is 1.54. The van der Waals surface area contributed by atoms with Crippen molar-refractivity contribution in [3.05, 3.63) is 35.0 Å². The summed E-state index contributed by atoms with van der Waals surface area (Å²) in [5, 5.41) is 1.43. The predicted octanol–water partition coefficient (Wildman–Crippen LogP) is 3.90. The molecule has 0 saturated heterocycles. The van der Waals surface area contributed by atoms with E-state index in [0.717, 1.165) is 16.1 Å². The zero-order chi connectivity index (χ0) is 12.8. The van der Waals surface area contributed by atoms with Crippen molar-refractivity contribution in [1.82, 2.24) is 0 Å². The second-order valence-corrected chi connectivity index (χ2v) is 8.10. The maximum absolute atomic E-state index is 11.4. The summed E-state index contributed by atoms with van der Waals surface area (Å²) in [6.07, 6.45) is 0. The summed E-state index contributed by atoms with van der Waals surface area (Å²) in [5.41, 5.74) is 0. The first-order valence-corrected chi connectivity index (χ1v) is 9.03. The zero-order valence-electron chi connectivity index (χ0n) is 8.12. The van der Waals surface area contributed by atoms with Gasteiger partial charge in [-0.25, -0.2) is 0 Å². The Hall–Kier alpha value is 0.800. The first-order valence-electron chi connectivity index (χ1n) is 4.36. The van der Waals surface area contributed by atoms with E-state index in [4.69, 9.17) is 0 Å². The smallest absolute Gasteiger partial charge is 0.282 e. The lowest BCUT2D eigenvalue weighted by molar-refractivity contribution is 0.484. The third-order valence-corrected chi connectivity index (χ3v) is 7.06. The number of hydrogen-bond acceptors (Lipinski definition) is 2. The van der Waals surface area contributed by atoms with Crippen LogP contribution in [-0.2, 0) is 10.1 Å². The third-order valence-electron chi connectivity index (χ3n) is 2.24. The molecule has 2 aromatic rings. The van der Waals surface area contributed by atoms with Crippen molar-refractivity contribution >= 4 is 88.7 Å². The monoisotopic (exact) mass is 586 g/mol. The molecule has 0 aliphatic rings. The van der Waals surface area contributed by atoms with Gasteiger partial charge in [-0.15, -0.1) is 0 Å². The van der Waals surface area contributed by atoms with Crippen LogP contribution in [0.25, 0.3) is 10.8 Å². The lowest BCUT2D eigenvalue weighted by Crippen LogP contribution is -2.02. The molecule has 0 heterocycles. The number of hydrogen-bond donors (Lipinski definition) is 1. The Balaban J connectivity index is 3.10. The number of benzene rings is 2. The van der Waals surface area contributed by atoms with Crippen LogP contribution in [0, 0.1) is 10.7 Å². The molecule has 3 nitrogen and oxygen atoms in total. The summed E-state index contributed by atoms with van der Waals surface area (Å²) in [4.78, 5) is -0.0256. The molecule has 0 aliphatic carbocycles. The average molecular weight is 586 g/mol. The van der Waals surface area contributed by atoms with Gasteiger partial charge in [0.1, 0.15) is 4.90 Å². The van der Waals surface area contributed by atoms with Gasteiger partial charge in [-0.3, -0.25) is 4.55 Å². The molecule has 0 bridgehead atoms. The number of halogens is 3. The largest absolute Gasteiger partial charge is 0.295 e. The number of rotatable bonds is 1. The third kappa shape index (κ3) is 2.72. The van der Waals surface area contributed by atoms with Crippen molar-refractivity contribution in [1.29, 1.82) is 0 Å². The minimum absolute atomic E-state index is 0.0256. The molecular formula is C10H5I3O3S. The van der Waals surface area contributed by atoms with Crippen LogP contribution in [0.2, 0.25) is 0 Å². The van der Waals surface area contributed by atoms with Crippen molar-refractivity contribution < 1.29 is 13.0 Å². The van der Waals surface area contributed by atoms with Crippen LogP contribution in [0.5, 0.6) is 0 Å². The van der Waals surface area contributed by atoms with E-state index in [1.54, 1.807) is 0 Å². The molecule has 0 unspecified atom stereocenters. The fraction of sp³-hybridized carbons (Fsp3) is 0. The highest BCUT2D eigenvalue weighted by Gasteiger charge is 2.19. The van der Waals surface area contributed by atoms with E-state index in [9.17, 15) is 13.0 Å². The molecule has 0 saturated carbocycles. The van der Waals surface area contributed by atoms with E-state index in [-0.39, 0.29) is 4.90 Å². The molecule has 0 spiro atoms. The maximum atomic E-state index is 11.4. The van der Waals surface area contributed by atoms with Crippen LogP contribution < -0.4 is 0 Å². The molecule has 2 aromatic carbocycles. The van der Waals surface area contributed by atoms with Crippen LogP contribution in [0.3, 0.4) is 0 Å². The van der Waals surface area contributed by atoms with Crippen molar-refractivity contribution in [2.75, 3.05) is 0 Å². The molecule has 7 heteroatoms. The van der Waals surface area contributed by atoms with E-state index >= 15 is 0 Å². The lowest BCUT2D eigenvalue weighted by Gasteiger charge is -2.09. The fourth-order valence-corrected chi connectivity index (χ4v) is 4.67. The summed E-state index contributed by atoms with van der Waals surface area (Å²) in [6.45, 7) is 0. The molecule has 0 aromatic heterocycles. The van der Waals surface area contributed by atoms with Crippen LogP contribution in [0.15, 0.2) is 29.2 Å². The first-order chi connectivity index (χ1) is 7.82. The molecule has 0 radical (unpaired) electrons. The van der Waals surface area contributed by atoms with Gasteiger partial charge in [0.25, 0.3) is 10.1 Å². The van der Waals surface area contributed by atoms with E-state index in [1.807, 2.05) is 18.2 Å². The quantitative estimate of drug-likeness (QED) is 0.408. The minimum atomic E-state index is -4.20. The molecule has 1 N–H and O–H groups in total. The van der Waals surface area contributed by atoms with Gasteiger partial charge in [0, 0.05) is 16.1 Å². The van der Waals surface area contributed by atoms with Crippen molar-refractivity contribution in [2.24, 2.45) is 0 Å². The second kappa shape index (κ2) is 5.06. The summed E-state index contributed by atoms with van der Waals surface area (Å²) in [5.74, 6) is 0. The summed E-state index contributed by atoms with van der Waals surface area (Å²) in [6, 6.07) is 7.05. The molecule has 17 heavy (non-hydrogen) atoms. The van der Waals surface area contributed by atoms with Gasteiger partial charge < -0.3 is 0 Å². The van der Waals surface area contributed by atoms with Gasteiger partial charge in [0.2, 0.25) is 0 Å². The topological polar surface area (TPSA) is 54.4 Å². The molecule has 2 rings (SSSR count). The Morgan fingerprint density at radius 1 is 1.06 bits per heavy atom. The van der Waals surface area contributed by atoms with Crippen LogP contribution in [0.1, 0.15) is 0 Å². The SMILES string of the molecule is O=S(=O)(O)c1cc(I)c(I)c2cccc(I)c12. The Morgan fingerprint density at radius 3 is 2.29 bits per heavy atom. The van der Waals surface area contributed by atoms with Crippen molar-refractivity contribution in [3.63, 3.8) is 0 Å². The molecule has 90 valence electrons. The summed E-state index contributed by atoms with van der Waals surface area (Å²) >= 11 is 6.31. The predicted molar refractivity (Wildman–Crippen MR) is 91.9 cm³/mol. The molecular weight excluding hydrogens is 581 g/mol. The highest BCUT2D eigenvalue weighted by atomic mass is 127. The van der Waals surface area contributed by atoms with Crippen molar-refractivity contribution in [3.8, 4) is 0 Å². The first kappa shape index (κ1) is 14.2. The molecule has 0 atom stereocenters. The Labute approximate surface area is 140 Å². The van der Waals surface area contributed by atoms with Gasteiger partial charge in [-0.05, 0) is 85.3 Å². The van der Waals surface area contributed by atoms with Gasteiger partial charge in [0.15, 0.2) is 0 Å². The van der Waals surface area contributed by atoms with Gasteiger partial charge in [-0.2, -0.15) is 8.42 Å². The summed E-state index contributed by atoms with van der Waals surface area (Å²) in [7, 11) is -4.20. The Morgan fingerprint density at radius 2 is 1.71 bits per heavy atom. The minimum Gasteiger partial charge on any atom is -0.282 e. The molecule has 0 fully saturated rings. The summed E-state index contributed by atoms with van der Waals surface area (Å²) < 4.78 is 34.7. The van der Waals surface area contributed by atoms with Gasteiger partial charge in [-0.1, -0.05) is 12.1 Å².